The van der Waals surface area contributed by atoms with E-state index in [0.29, 0.717) is 37.1 Å². The molecule has 54 heavy (non-hydrogen) atoms. The molecule has 0 aromatic heterocycles. The molecule has 4 saturated heterocycles. The van der Waals surface area contributed by atoms with Gasteiger partial charge in [-0.15, -0.1) is 0 Å². The van der Waals surface area contributed by atoms with Gasteiger partial charge in [0.1, 0.15) is 0 Å². The van der Waals surface area contributed by atoms with E-state index in [0.717, 1.165) is 12.5 Å². The Morgan fingerprint density at radius 2 is 1.00 bits per heavy atom. The maximum absolute atomic E-state index is 13.7. The van der Waals surface area contributed by atoms with Crippen LogP contribution in [0, 0.1) is 11.8 Å². The lowest BCUT2D eigenvalue weighted by Crippen LogP contribution is -2.51. The van der Waals surface area contributed by atoms with Gasteiger partial charge in [0.15, 0.2) is 0 Å². The fraction of sp³-hybridized carbons (Fsp3) is 0.556. The van der Waals surface area contributed by atoms with Gasteiger partial charge in [0.05, 0.1) is 48.5 Å². The molecule has 294 valence electrons. The normalized spacial score (nSPS) is 27.0. The second-order valence-corrected chi connectivity index (χ2v) is 18.7. The summed E-state index contributed by atoms with van der Waals surface area (Å²) in [5.41, 5.74) is 13.9. The molecule has 18 heteroatoms. The van der Waals surface area contributed by atoms with Gasteiger partial charge < -0.3 is 31.9 Å². The highest BCUT2D eigenvalue weighted by atomic mass is 32.2. The van der Waals surface area contributed by atoms with Crippen LogP contribution in [0.3, 0.4) is 0 Å². The van der Waals surface area contributed by atoms with Crippen molar-refractivity contribution in [1.82, 2.24) is 18.4 Å². The van der Waals surface area contributed by atoms with Gasteiger partial charge in [0.2, 0.25) is 43.7 Å². The van der Waals surface area contributed by atoms with Gasteiger partial charge in [-0.3, -0.25) is 19.2 Å². The lowest BCUT2D eigenvalue weighted by atomic mass is 9.96. The predicted molar refractivity (Wildman–Crippen MR) is 202 cm³/mol. The summed E-state index contributed by atoms with van der Waals surface area (Å²) in [4.78, 5) is 57.4. The zero-order chi connectivity index (χ0) is 38.9. The Hall–Kier alpha value is -3.94. The van der Waals surface area contributed by atoms with Crippen LogP contribution >= 0.6 is 0 Å². The van der Waals surface area contributed by atoms with Crippen LogP contribution < -0.4 is 22.1 Å². The van der Waals surface area contributed by atoms with Crippen molar-refractivity contribution in [2.45, 2.75) is 74.8 Å². The van der Waals surface area contributed by atoms with E-state index in [2.05, 4.69) is 10.6 Å². The van der Waals surface area contributed by atoms with Gasteiger partial charge in [-0.1, -0.05) is 49.2 Å². The number of nitrogens with zero attached hydrogens (tertiary/aromatic N) is 4. The highest BCUT2D eigenvalue weighted by Crippen LogP contribution is 2.39. The molecule has 4 aliphatic rings. The zero-order valence-corrected chi connectivity index (χ0v) is 32.1. The Bertz CT molecular complexity index is 1800. The predicted octanol–water partition coefficient (Wildman–Crippen LogP) is 0.201. The summed E-state index contributed by atoms with van der Waals surface area (Å²) in [5.74, 6) is -3.05. The van der Waals surface area contributed by atoms with Crippen molar-refractivity contribution in [1.29, 1.82) is 0 Å². The van der Waals surface area contributed by atoms with E-state index in [9.17, 15) is 36.0 Å². The molecule has 4 fully saturated rings. The monoisotopic (exact) mass is 786 g/mol. The number of nitrogens with one attached hydrogen (secondary N) is 2. The molecule has 0 aliphatic carbocycles. The zero-order valence-electron chi connectivity index (χ0n) is 30.5. The van der Waals surface area contributed by atoms with Crippen LogP contribution in [0.5, 0.6) is 0 Å². The first-order valence-electron chi connectivity index (χ1n) is 18.3. The van der Waals surface area contributed by atoms with Crippen molar-refractivity contribution in [3.05, 3.63) is 60.7 Å². The van der Waals surface area contributed by atoms with Crippen molar-refractivity contribution in [2.24, 2.45) is 23.3 Å². The molecule has 6 N–H and O–H groups in total. The number of sulfonamides is 2. The lowest BCUT2D eigenvalue weighted by molar-refractivity contribution is -0.136. The molecule has 8 atom stereocenters. The minimum Gasteiger partial charge on any atom is -0.336 e. The molecule has 2 aromatic carbocycles. The van der Waals surface area contributed by atoms with Crippen LogP contribution in [0.1, 0.15) is 38.5 Å². The van der Waals surface area contributed by atoms with Crippen molar-refractivity contribution in [2.75, 3.05) is 49.3 Å². The molecule has 16 nitrogen and oxygen atoms in total. The third-order valence-corrected chi connectivity index (χ3v) is 13.8. The molecule has 4 aliphatic heterocycles. The fourth-order valence-corrected chi connectivity index (χ4v) is 11.0. The van der Waals surface area contributed by atoms with E-state index in [1.165, 1.54) is 8.61 Å². The molecule has 0 spiro atoms. The average Bonchev–Trinajstić information content (AvgIpc) is 3.91. The van der Waals surface area contributed by atoms with Gasteiger partial charge in [-0.2, -0.15) is 8.61 Å². The van der Waals surface area contributed by atoms with Crippen LogP contribution in [0.15, 0.2) is 60.7 Å². The molecule has 0 saturated carbocycles. The van der Waals surface area contributed by atoms with Crippen LogP contribution in [-0.4, -0.2) is 134 Å². The summed E-state index contributed by atoms with van der Waals surface area (Å²) in [6, 6.07) is 13.4. The third kappa shape index (κ3) is 8.33. The van der Waals surface area contributed by atoms with Crippen molar-refractivity contribution in [3.63, 3.8) is 0 Å². The summed E-state index contributed by atoms with van der Waals surface area (Å²) in [5, 5.41) is 5.71. The second kappa shape index (κ2) is 16.0. The Morgan fingerprint density at radius 1 is 0.648 bits per heavy atom. The van der Waals surface area contributed by atoms with Crippen LogP contribution in [0.25, 0.3) is 0 Å². The maximum Gasteiger partial charge on any atom is 0.239 e. The highest BCUT2D eigenvalue weighted by Gasteiger charge is 2.57. The lowest BCUT2D eigenvalue weighted by Gasteiger charge is -2.30. The summed E-state index contributed by atoms with van der Waals surface area (Å²) in [6.45, 7) is 0.450. The van der Waals surface area contributed by atoms with Crippen molar-refractivity contribution in [3.8, 4) is 0 Å². The number of carbonyl (C=O) groups excluding carboxylic acids is 4. The standard InChI is InChI=1S/C36H50N8O8S2/c1-53(49,50)43-21-25(33(45)39-23-11-5-3-6-12-23)31-29(43)17-19-41(31)35(47)27(37)15-9-10-16-28(38)36(48)42-20-18-30-32(42)26(22-44(30)54(2,51)52)34(46)40-24-13-7-4-8-14-24/h3-8,11-14,25-32H,9-10,15-22,37-38H2,1-2H3,(H,39,45)(H,40,46). The number of fused-ring (bicyclic) bond motifs is 2. The number of unbranched alkanes of at least 4 members (excludes halogenated alkanes) is 1. The molecule has 8 unspecified atom stereocenters. The van der Waals surface area contributed by atoms with Gasteiger partial charge in [0, 0.05) is 49.6 Å². The van der Waals surface area contributed by atoms with E-state index >= 15 is 0 Å². The topological polar surface area (TPSA) is 226 Å². The summed E-state index contributed by atoms with van der Waals surface area (Å²) >= 11 is 0. The number of anilines is 2. The molecular formula is C36H50N8O8S2. The third-order valence-electron chi connectivity index (χ3n) is 11.2. The summed E-state index contributed by atoms with van der Waals surface area (Å²) in [7, 11) is -7.29. The minimum absolute atomic E-state index is 0.0406. The van der Waals surface area contributed by atoms with E-state index in [1.807, 2.05) is 12.1 Å². The van der Waals surface area contributed by atoms with E-state index in [-0.39, 0.29) is 62.6 Å². The van der Waals surface area contributed by atoms with E-state index in [4.69, 9.17) is 11.5 Å². The van der Waals surface area contributed by atoms with Crippen LogP contribution in [0.2, 0.25) is 0 Å². The first kappa shape index (κ1) is 39.7. The molecule has 2 aromatic rings. The van der Waals surface area contributed by atoms with E-state index in [1.54, 1.807) is 58.3 Å². The Kier molecular flexibility index (Phi) is 11.8. The molecule has 4 amide bonds. The number of hydrogen-bond acceptors (Lipinski definition) is 10. The number of amides is 4. The Labute approximate surface area is 316 Å². The van der Waals surface area contributed by atoms with Crippen LogP contribution in [-0.2, 0) is 39.2 Å². The Balaban J connectivity index is 1.04. The molecular weight excluding hydrogens is 737 g/mol. The summed E-state index contributed by atoms with van der Waals surface area (Å²) < 4.78 is 53.4. The fourth-order valence-electron chi connectivity index (χ4n) is 8.74. The largest absolute Gasteiger partial charge is 0.336 e. The number of nitrogens with two attached hydrogens (primary N) is 2. The van der Waals surface area contributed by atoms with Crippen molar-refractivity contribution >= 4 is 55.1 Å². The number of likely N-dealkylation sites (tertiary alicyclic amines) is 2. The van der Waals surface area contributed by atoms with Gasteiger partial charge in [-0.05, 0) is 49.9 Å². The second-order valence-electron chi connectivity index (χ2n) is 14.8. The maximum atomic E-state index is 13.7. The number of benzene rings is 2. The van der Waals surface area contributed by atoms with Gasteiger partial charge in [-0.25, -0.2) is 16.8 Å². The van der Waals surface area contributed by atoms with Crippen molar-refractivity contribution < 1.29 is 36.0 Å². The minimum atomic E-state index is -3.65. The molecule has 6 rings (SSSR count). The molecule has 0 radical (unpaired) electrons. The van der Waals surface area contributed by atoms with E-state index < -0.39 is 68.1 Å². The smallest absolute Gasteiger partial charge is 0.239 e. The van der Waals surface area contributed by atoms with Gasteiger partial charge in [0.25, 0.3) is 0 Å². The van der Waals surface area contributed by atoms with Crippen LogP contribution in [0.4, 0.5) is 11.4 Å². The van der Waals surface area contributed by atoms with Gasteiger partial charge >= 0.3 is 0 Å². The SMILES string of the molecule is CS(=O)(=O)N1CC(C(=O)Nc2ccccc2)C2C1CCN2C(=O)C(N)CCCCC(N)C(=O)N1CCC2C1C(C(=O)Nc1ccccc1)CN2S(C)(=O)=O. The number of hydrogen-bond donors (Lipinski definition) is 4. The molecule has 4 heterocycles. The number of para-hydroxylation sites is 2. The number of carbonyl (C=O) groups is 4. The first-order chi connectivity index (χ1) is 25.6. The summed E-state index contributed by atoms with van der Waals surface area (Å²) in [6.07, 6.45) is 4.49. The first-order valence-corrected chi connectivity index (χ1v) is 22.0. The highest BCUT2D eigenvalue weighted by molar-refractivity contribution is 7.88. The Morgan fingerprint density at radius 3 is 1.33 bits per heavy atom. The quantitative estimate of drug-likeness (QED) is 0.202. The number of rotatable bonds is 13. The molecule has 0 bridgehead atoms. The average molecular weight is 787 g/mol.